The van der Waals surface area contributed by atoms with Crippen LogP contribution in [0.2, 0.25) is 0 Å². The van der Waals surface area contributed by atoms with Crippen molar-refractivity contribution in [1.82, 2.24) is 15.1 Å². The predicted octanol–water partition coefficient (Wildman–Crippen LogP) is 3.17. The summed E-state index contributed by atoms with van der Waals surface area (Å²) in [6.07, 6.45) is 0. The number of rotatable bonds is 7. The summed E-state index contributed by atoms with van der Waals surface area (Å²) in [5, 5.41) is 14.2. The Kier molecular flexibility index (Phi) is 6.01. The standard InChI is InChI=1S/C13H18N4OS3/c1-9(2)14-12-15-16-13(21-12)20-8-11(18)17(3)7-10-5-4-6-19-10/h4-6,9H,7-8H2,1-3H3,(H,14,15). The minimum Gasteiger partial charge on any atom is -0.358 e. The predicted molar refractivity (Wildman–Crippen MR) is 90.2 cm³/mol. The van der Waals surface area contributed by atoms with Crippen molar-refractivity contribution in [3.05, 3.63) is 22.4 Å². The summed E-state index contributed by atoms with van der Waals surface area (Å²) in [6.45, 7) is 4.77. The van der Waals surface area contributed by atoms with Crippen LogP contribution in [0.3, 0.4) is 0 Å². The number of hydrogen-bond donors (Lipinski definition) is 1. The second-order valence-electron chi connectivity index (χ2n) is 4.79. The summed E-state index contributed by atoms with van der Waals surface area (Å²) in [6, 6.07) is 4.36. The SMILES string of the molecule is CC(C)Nc1nnc(SCC(=O)N(C)Cc2cccs2)s1. The number of aromatic nitrogens is 2. The van der Waals surface area contributed by atoms with E-state index < -0.39 is 0 Å². The van der Waals surface area contributed by atoms with Gasteiger partial charge in [-0.25, -0.2) is 0 Å². The van der Waals surface area contributed by atoms with Crippen LogP contribution in [0, 0.1) is 0 Å². The molecule has 0 spiro atoms. The number of thiophene rings is 1. The fourth-order valence-electron chi connectivity index (χ4n) is 1.53. The van der Waals surface area contributed by atoms with Crippen LogP contribution in [0.5, 0.6) is 0 Å². The van der Waals surface area contributed by atoms with E-state index >= 15 is 0 Å². The fraction of sp³-hybridized carbons (Fsp3) is 0.462. The van der Waals surface area contributed by atoms with Gasteiger partial charge in [0.05, 0.1) is 12.3 Å². The Bertz CT molecular complexity index is 568. The molecule has 0 aliphatic rings. The van der Waals surface area contributed by atoms with Gasteiger partial charge in [0.2, 0.25) is 11.0 Å². The molecule has 2 heterocycles. The summed E-state index contributed by atoms with van der Waals surface area (Å²) in [4.78, 5) is 15.0. The Morgan fingerprint density at radius 3 is 2.95 bits per heavy atom. The highest BCUT2D eigenvalue weighted by Crippen LogP contribution is 2.26. The van der Waals surface area contributed by atoms with Gasteiger partial charge < -0.3 is 10.2 Å². The largest absolute Gasteiger partial charge is 0.358 e. The maximum absolute atomic E-state index is 12.1. The third-order valence-electron chi connectivity index (χ3n) is 2.54. The molecule has 8 heteroatoms. The van der Waals surface area contributed by atoms with Gasteiger partial charge in [-0.05, 0) is 25.3 Å². The lowest BCUT2D eigenvalue weighted by Gasteiger charge is -2.15. The lowest BCUT2D eigenvalue weighted by atomic mass is 10.4. The molecule has 0 saturated heterocycles. The average molecular weight is 343 g/mol. The first kappa shape index (κ1) is 16.3. The van der Waals surface area contributed by atoms with Crippen molar-refractivity contribution in [1.29, 1.82) is 0 Å². The summed E-state index contributed by atoms with van der Waals surface area (Å²) < 4.78 is 0.816. The van der Waals surface area contributed by atoms with Crippen LogP contribution in [0.15, 0.2) is 21.9 Å². The summed E-state index contributed by atoms with van der Waals surface area (Å²) in [7, 11) is 1.83. The lowest BCUT2D eigenvalue weighted by molar-refractivity contribution is -0.127. The molecule has 0 aliphatic heterocycles. The normalized spacial score (nSPS) is 10.9. The molecule has 0 radical (unpaired) electrons. The van der Waals surface area contributed by atoms with Crippen molar-refractivity contribution in [3.8, 4) is 0 Å². The summed E-state index contributed by atoms with van der Waals surface area (Å²) in [5.41, 5.74) is 0. The molecule has 0 aromatic carbocycles. The van der Waals surface area contributed by atoms with Gasteiger partial charge in [0.1, 0.15) is 0 Å². The van der Waals surface area contributed by atoms with Gasteiger partial charge in [-0.1, -0.05) is 29.2 Å². The Balaban J connectivity index is 1.79. The molecule has 5 nitrogen and oxygen atoms in total. The number of nitrogens with zero attached hydrogens (tertiary/aromatic N) is 3. The van der Waals surface area contributed by atoms with Gasteiger partial charge in [-0.2, -0.15) is 0 Å². The molecule has 0 aliphatic carbocycles. The second-order valence-corrected chi connectivity index (χ2v) is 8.02. The molecular formula is C13H18N4OS3. The Morgan fingerprint density at radius 1 is 1.48 bits per heavy atom. The van der Waals surface area contributed by atoms with Crippen LogP contribution in [-0.2, 0) is 11.3 Å². The highest BCUT2D eigenvalue weighted by atomic mass is 32.2. The Morgan fingerprint density at radius 2 is 2.29 bits per heavy atom. The molecule has 2 rings (SSSR count). The van der Waals surface area contributed by atoms with Crippen LogP contribution >= 0.6 is 34.4 Å². The van der Waals surface area contributed by atoms with E-state index in [1.807, 2.05) is 24.6 Å². The zero-order valence-corrected chi connectivity index (χ0v) is 14.6. The smallest absolute Gasteiger partial charge is 0.233 e. The van der Waals surface area contributed by atoms with E-state index in [0.29, 0.717) is 18.3 Å². The molecule has 2 aromatic rings. The van der Waals surface area contributed by atoms with Crippen molar-refractivity contribution in [3.63, 3.8) is 0 Å². The maximum atomic E-state index is 12.1. The van der Waals surface area contributed by atoms with E-state index in [1.165, 1.54) is 28.0 Å². The number of carbonyl (C=O) groups excluding carboxylic acids is 1. The molecule has 0 saturated carbocycles. The minimum atomic E-state index is 0.0990. The maximum Gasteiger partial charge on any atom is 0.233 e. The van der Waals surface area contributed by atoms with Crippen LogP contribution < -0.4 is 5.32 Å². The van der Waals surface area contributed by atoms with Crippen molar-refractivity contribution in [2.45, 2.75) is 30.8 Å². The first-order chi connectivity index (χ1) is 10.0. The Hall–Kier alpha value is -1.12. The molecule has 21 heavy (non-hydrogen) atoms. The third-order valence-corrected chi connectivity index (χ3v) is 5.37. The number of amides is 1. The summed E-state index contributed by atoms with van der Waals surface area (Å²) >= 11 is 4.58. The molecule has 114 valence electrons. The van der Waals surface area contributed by atoms with Gasteiger partial charge in [0.25, 0.3) is 0 Å². The molecule has 0 bridgehead atoms. The zero-order chi connectivity index (χ0) is 15.2. The van der Waals surface area contributed by atoms with Gasteiger partial charge >= 0.3 is 0 Å². The number of anilines is 1. The average Bonchev–Trinajstić information content (AvgIpc) is 3.07. The second kappa shape index (κ2) is 7.77. The number of thioether (sulfide) groups is 1. The molecule has 0 atom stereocenters. The molecule has 0 fully saturated rings. The fourth-order valence-corrected chi connectivity index (χ4v) is 4.13. The molecule has 1 N–H and O–H groups in total. The van der Waals surface area contributed by atoms with Gasteiger partial charge in [0.15, 0.2) is 4.34 Å². The molecule has 0 unspecified atom stereocenters. The molecule has 2 aromatic heterocycles. The highest BCUT2D eigenvalue weighted by Gasteiger charge is 2.12. The van der Waals surface area contributed by atoms with Crippen LogP contribution in [0.1, 0.15) is 18.7 Å². The first-order valence-corrected chi connectivity index (χ1v) is 9.22. The van der Waals surface area contributed by atoms with Crippen molar-refractivity contribution < 1.29 is 4.79 Å². The summed E-state index contributed by atoms with van der Waals surface area (Å²) in [5.74, 6) is 0.486. The van der Waals surface area contributed by atoms with Crippen molar-refractivity contribution in [2.75, 3.05) is 18.1 Å². The van der Waals surface area contributed by atoms with Crippen LogP contribution in [0.25, 0.3) is 0 Å². The van der Waals surface area contributed by atoms with Crippen LogP contribution in [-0.4, -0.2) is 39.8 Å². The first-order valence-electron chi connectivity index (χ1n) is 6.54. The van der Waals surface area contributed by atoms with Gasteiger partial charge in [0, 0.05) is 18.0 Å². The number of hydrogen-bond acceptors (Lipinski definition) is 7. The van der Waals surface area contributed by atoms with Crippen LogP contribution in [0.4, 0.5) is 5.13 Å². The topological polar surface area (TPSA) is 58.1 Å². The van der Waals surface area contributed by atoms with Crippen molar-refractivity contribution >= 4 is 45.5 Å². The van der Waals surface area contributed by atoms with E-state index in [2.05, 4.69) is 29.4 Å². The molecule has 1 amide bonds. The van der Waals surface area contributed by atoms with E-state index in [9.17, 15) is 4.79 Å². The zero-order valence-electron chi connectivity index (χ0n) is 12.2. The third kappa shape index (κ3) is 5.29. The van der Waals surface area contributed by atoms with E-state index in [4.69, 9.17) is 0 Å². The number of nitrogens with one attached hydrogen (secondary N) is 1. The quantitative estimate of drug-likeness (QED) is 0.783. The lowest BCUT2D eigenvalue weighted by Crippen LogP contribution is -2.27. The monoisotopic (exact) mass is 342 g/mol. The number of carbonyl (C=O) groups is 1. The van der Waals surface area contributed by atoms with E-state index in [-0.39, 0.29) is 5.91 Å². The van der Waals surface area contributed by atoms with E-state index in [0.717, 1.165) is 9.47 Å². The van der Waals surface area contributed by atoms with Gasteiger partial charge in [-0.3, -0.25) is 4.79 Å². The Labute approximate surface area is 136 Å². The highest BCUT2D eigenvalue weighted by molar-refractivity contribution is 8.01. The van der Waals surface area contributed by atoms with Crippen molar-refractivity contribution in [2.24, 2.45) is 0 Å². The molecular weight excluding hydrogens is 324 g/mol. The van der Waals surface area contributed by atoms with Gasteiger partial charge in [-0.15, -0.1) is 21.5 Å². The minimum absolute atomic E-state index is 0.0990. The van der Waals surface area contributed by atoms with E-state index in [1.54, 1.807) is 16.2 Å².